The van der Waals surface area contributed by atoms with Gasteiger partial charge in [0.15, 0.2) is 0 Å². The van der Waals surface area contributed by atoms with Crippen molar-refractivity contribution in [1.82, 2.24) is 0 Å². The number of aliphatic hydroxyl groups is 5. The summed E-state index contributed by atoms with van der Waals surface area (Å²) in [6.45, 7) is -1.12. The van der Waals surface area contributed by atoms with E-state index in [1.807, 2.05) is 0 Å². The molecule has 0 amide bonds. The molecule has 11 heteroatoms. The minimum Gasteiger partial charge on any atom is -0.491 e. The molecule has 2 aliphatic rings. The van der Waals surface area contributed by atoms with Gasteiger partial charge in [-0.15, -0.1) is 0 Å². The molecule has 1 aromatic carbocycles. The summed E-state index contributed by atoms with van der Waals surface area (Å²) in [5.41, 5.74) is 1.51. The Morgan fingerprint density at radius 1 is 1.12 bits per heavy atom. The van der Waals surface area contributed by atoms with Crippen molar-refractivity contribution in [1.29, 1.82) is 0 Å². The van der Waals surface area contributed by atoms with Crippen molar-refractivity contribution in [2.75, 3.05) is 26.4 Å². The van der Waals surface area contributed by atoms with Gasteiger partial charge in [-0.1, -0.05) is 35.9 Å². The molecule has 1 aromatic rings. The summed E-state index contributed by atoms with van der Waals surface area (Å²) in [7, 11) is 0. The average Bonchev–Trinajstić information content (AvgIpc) is 2.82. The summed E-state index contributed by atoms with van der Waals surface area (Å²) in [5, 5.41) is 51.5. The lowest BCUT2D eigenvalue weighted by Gasteiger charge is -2.48. The summed E-state index contributed by atoms with van der Waals surface area (Å²) in [5.74, 6) is -2.50. The first-order valence-corrected chi connectivity index (χ1v) is 11.2. The van der Waals surface area contributed by atoms with Crippen LogP contribution in [0.4, 0.5) is 8.78 Å². The standard InChI is InChI=1S/C23H29ClF2O8/c24-17-6-3-15(23(31)22(30)21(29)20(28)18(11-27)34-23)10-14(17)9-13-1-4-16(5-2-13)33-8-7-32-12-19(25)26/h1-2,4-6,10,15,18-22,27-31H,3,7-9,11-12H2. The Bertz CT molecular complexity index is 863. The molecule has 1 heterocycles. The maximum atomic E-state index is 12.0. The van der Waals surface area contributed by atoms with Crippen LogP contribution in [-0.2, 0) is 15.9 Å². The van der Waals surface area contributed by atoms with Crippen molar-refractivity contribution in [2.24, 2.45) is 5.92 Å². The van der Waals surface area contributed by atoms with E-state index in [-0.39, 0.29) is 19.6 Å². The third-order valence-electron chi connectivity index (χ3n) is 5.85. The van der Waals surface area contributed by atoms with Gasteiger partial charge in [-0.05, 0) is 36.1 Å². The number of hydrogen-bond acceptors (Lipinski definition) is 8. The fourth-order valence-electron chi connectivity index (χ4n) is 3.98. The summed E-state index contributed by atoms with van der Waals surface area (Å²) in [4.78, 5) is 0. The van der Waals surface area contributed by atoms with Crippen molar-refractivity contribution in [3.8, 4) is 5.75 Å². The van der Waals surface area contributed by atoms with E-state index < -0.39 is 55.8 Å². The highest BCUT2D eigenvalue weighted by atomic mass is 35.5. The van der Waals surface area contributed by atoms with Crippen molar-refractivity contribution < 1.29 is 48.5 Å². The summed E-state index contributed by atoms with van der Waals surface area (Å²) < 4.78 is 39.7. The number of hydrogen-bond donors (Lipinski definition) is 5. The second-order valence-corrected chi connectivity index (χ2v) is 8.65. The average molecular weight is 507 g/mol. The van der Waals surface area contributed by atoms with Crippen molar-refractivity contribution >= 4 is 11.6 Å². The Kier molecular flexibility index (Phi) is 9.41. The Hall–Kier alpha value is -1.63. The van der Waals surface area contributed by atoms with Gasteiger partial charge in [0, 0.05) is 11.0 Å². The quantitative estimate of drug-likeness (QED) is 0.299. The second-order valence-electron chi connectivity index (χ2n) is 8.24. The molecule has 190 valence electrons. The third-order valence-corrected chi connectivity index (χ3v) is 6.24. The predicted octanol–water partition coefficient (Wildman–Crippen LogP) is 1.12. The van der Waals surface area contributed by atoms with E-state index in [0.717, 1.165) is 5.56 Å². The van der Waals surface area contributed by atoms with Crippen LogP contribution in [0.5, 0.6) is 5.75 Å². The van der Waals surface area contributed by atoms with Gasteiger partial charge in [0.05, 0.1) is 13.2 Å². The van der Waals surface area contributed by atoms with E-state index in [9.17, 15) is 34.3 Å². The van der Waals surface area contributed by atoms with Crippen LogP contribution in [-0.4, -0.2) is 88.6 Å². The second kappa shape index (κ2) is 11.9. The van der Waals surface area contributed by atoms with Crippen molar-refractivity contribution in [3.05, 3.63) is 52.6 Å². The lowest BCUT2D eigenvalue weighted by atomic mass is 9.79. The number of rotatable bonds is 10. The summed E-state index contributed by atoms with van der Waals surface area (Å²) in [6.07, 6.45) is -4.95. The highest BCUT2D eigenvalue weighted by molar-refractivity contribution is 6.32. The van der Waals surface area contributed by atoms with Crippen LogP contribution in [0.25, 0.3) is 0 Å². The molecule has 0 radical (unpaired) electrons. The lowest BCUT2D eigenvalue weighted by Crippen LogP contribution is -2.67. The SMILES string of the molecule is OCC1OC(O)(C2C=C(Cc3ccc(OCCOCC(F)F)cc3)C(Cl)=CC2)C(O)C(O)C1O. The van der Waals surface area contributed by atoms with Crippen LogP contribution in [0.3, 0.4) is 0 Å². The first kappa shape index (κ1) is 27.0. The zero-order valence-electron chi connectivity index (χ0n) is 18.3. The maximum absolute atomic E-state index is 12.0. The number of allylic oxidation sites excluding steroid dienone is 3. The molecule has 34 heavy (non-hydrogen) atoms. The van der Waals surface area contributed by atoms with Gasteiger partial charge in [0.2, 0.25) is 5.79 Å². The molecule has 1 fully saturated rings. The number of ether oxygens (including phenoxy) is 3. The Morgan fingerprint density at radius 3 is 2.47 bits per heavy atom. The Labute approximate surface area is 200 Å². The van der Waals surface area contributed by atoms with Gasteiger partial charge >= 0.3 is 0 Å². The molecule has 8 nitrogen and oxygen atoms in total. The van der Waals surface area contributed by atoms with Crippen LogP contribution in [0.1, 0.15) is 12.0 Å². The van der Waals surface area contributed by atoms with E-state index in [1.165, 1.54) is 0 Å². The van der Waals surface area contributed by atoms with Crippen LogP contribution in [0.2, 0.25) is 0 Å². The number of alkyl halides is 2. The van der Waals surface area contributed by atoms with Crippen LogP contribution in [0.15, 0.2) is 47.0 Å². The molecule has 6 atom stereocenters. The molecule has 1 aliphatic carbocycles. The van der Waals surface area contributed by atoms with Gasteiger partial charge in [-0.25, -0.2) is 8.78 Å². The largest absolute Gasteiger partial charge is 0.491 e. The van der Waals surface area contributed by atoms with E-state index in [0.29, 0.717) is 22.8 Å². The minimum absolute atomic E-state index is 0.0421. The van der Waals surface area contributed by atoms with E-state index in [1.54, 1.807) is 36.4 Å². The first-order chi connectivity index (χ1) is 16.2. The van der Waals surface area contributed by atoms with Crippen LogP contribution < -0.4 is 4.74 Å². The molecule has 0 bridgehead atoms. The molecule has 5 N–H and O–H groups in total. The topological polar surface area (TPSA) is 129 Å². The van der Waals surface area contributed by atoms with Crippen molar-refractivity contribution in [3.63, 3.8) is 0 Å². The fourth-order valence-corrected chi connectivity index (χ4v) is 4.20. The monoisotopic (exact) mass is 506 g/mol. The van der Waals surface area contributed by atoms with Crippen molar-refractivity contribution in [2.45, 2.75) is 49.5 Å². The predicted molar refractivity (Wildman–Crippen MR) is 118 cm³/mol. The smallest absolute Gasteiger partial charge is 0.261 e. The third kappa shape index (κ3) is 6.32. The highest BCUT2D eigenvalue weighted by Gasteiger charge is 2.55. The van der Waals surface area contributed by atoms with E-state index in [4.69, 9.17) is 25.8 Å². The van der Waals surface area contributed by atoms with Gasteiger partial charge in [-0.3, -0.25) is 0 Å². The van der Waals surface area contributed by atoms with E-state index >= 15 is 0 Å². The molecule has 0 saturated carbocycles. The zero-order valence-corrected chi connectivity index (χ0v) is 19.0. The van der Waals surface area contributed by atoms with Gasteiger partial charge in [-0.2, -0.15) is 0 Å². The molecular formula is C23H29ClF2O8. The van der Waals surface area contributed by atoms with Gasteiger partial charge in [0.25, 0.3) is 6.43 Å². The number of halogens is 3. The molecule has 6 unspecified atom stereocenters. The zero-order chi connectivity index (χ0) is 24.9. The van der Waals surface area contributed by atoms with Crippen LogP contribution >= 0.6 is 11.6 Å². The molecule has 3 rings (SSSR count). The molecule has 0 aromatic heterocycles. The molecular weight excluding hydrogens is 478 g/mol. The highest BCUT2D eigenvalue weighted by Crippen LogP contribution is 2.40. The van der Waals surface area contributed by atoms with Gasteiger partial charge < -0.3 is 39.7 Å². The maximum Gasteiger partial charge on any atom is 0.261 e. The van der Waals surface area contributed by atoms with E-state index in [2.05, 4.69) is 0 Å². The Morgan fingerprint density at radius 2 is 1.82 bits per heavy atom. The first-order valence-electron chi connectivity index (χ1n) is 10.8. The van der Waals surface area contributed by atoms with Gasteiger partial charge in [0.1, 0.15) is 43.4 Å². The molecule has 1 saturated heterocycles. The minimum atomic E-state index is -2.52. The summed E-state index contributed by atoms with van der Waals surface area (Å²) in [6, 6.07) is 7.03. The summed E-state index contributed by atoms with van der Waals surface area (Å²) >= 11 is 6.36. The Balaban J connectivity index is 1.65. The molecule has 1 aliphatic heterocycles. The fraction of sp³-hybridized carbons (Fsp3) is 0.565. The van der Waals surface area contributed by atoms with Crippen LogP contribution in [0, 0.1) is 5.92 Å². The lowest BCUT2D eigenvalue weighted by molar-refractivity contribution is -0.362. The normalized spacial score (nSPS) is 31.9. The molecule has 0 spiro atoms. The number of aliphatic hydroxyl groups excluding tert-OH is 4. The number of benzene rings is 1.